The minimum Gasteiger partial charge on any atom is -0.465 e. The van der Waals surface area contributed by atoms with Gasteiger partial charge < -0.3 is 19.3 Å². The van der Waals surface area contributed by atoms with E-state index >= 15 is 0 Å². The molecule has 1 fully saturated rings. The van der Waals surface area contributed by atoms with Crippen LogP contribution >= 0.6 is 11.6 Å². The van der Waals surface area contributed by atoms with Crippen LogP contribution in [0, 0.1) is 0 Å². The number of halogens is 1. The van der Waals surface area contributed by atoms with Crippen molar-refractivity contribution in [3.63, 3.8) is 0 Å². The highest BCUT2D eigenvalue weighted by Crippen LogP contribution is 2.30. The highest BCUT2D eigenvalue weighted by Gasteiger charge is 2.20. The number of imidazole rings is 1. The van der Waals surface area contributed by atoms with Gasteiger partial charge in [0.1, 0.15) is 6.23 Å². The lowest BCUT2D eigenvalue weighted by atomic mass is 10.1. The van der Waals surface area contributed by atoms with Gasteiger partial charge in [0.2, 0.25) is 0 Å². The van der Waals surface area contributed by atoms with E-state index in [9.17, 15) is 4.79 Å². The normalized spacial score (nSPS) is 18.5. The van der Waals surface area contributed by atoms with Crippen molar-refractivity contribution in [2.24, 2.45) is 0 Å². The molecule has 1 aliphatic heterocycles. The van der Waals surface area contributed by atoms with E-state index in [1.165, 1.54) is 11.9 Å². The first-order valence-corrected chi connectivity index (χ1v) is 7.64. The molecular formula is C15H18ClN3O3. The summed E-state index contributed by atoms with van der Waals surface area (Å²) in [4.78, 5) is 16.7. The van der Waals surface area contributed by atoms with Crippen molar-refractivity contribution in [3.05, 3.63) is 29.0 Å². The zero-order valence-electron chi connectivity index (χ0n) is 12.3. The predicted molar refractivity (Wildman–Crippen MR) is 83.1 cm³/mol. The van der Waals surface area contributed by atoms with E-state index in [0.29, 0.717) is 5.02 Å². The highest BCUT2D eigenvalue weighted by molar-refractivity contribution is 6.31. The maximum Gasteiger partial charge on any atom is 0.407 e. The lowest BCUT2D eigenvalue weighted by molar-refractivity contribution is -0.0295. The number of amides is 1. The molecule has 0 aliphatic carbocycles. The third kappa shape index (κ3) is 2.89. The van der Waals surface area contributed by atoms with Gasteiger partial charge in [0.15, 0.2) is 0 Å². The molecule has 118 valence electrons. The molecular weight excluding hydrogens is 306 g/mol. The Balaban J connectivity index is 2.00. The number of benzene rings is 1. The Morgan fingerprint density at radius 3 is 3.05 bits per heavy atom. The van der Waals surface area contributed by atoms with E-state index in [-0.39, 0.29) is 12.8 Å². The predicted octanol–water partition coefficient (Wildman–Crippen LogP) is 3.50. The van der Waals surface area contributed by atoms with Gasteiger partial charge in [-0.25, -0.2) is 9.78 Å². The molecule has 1 aromatic heterocycles. The molecule has 1 N–H and O–H groups in total. The molecule has 7 heteroatoms. The van der Waals surface area contributed by atoms with Crippen molar-refractivity contribution in [3.8, 4) is 0 Å². The van der Waals surface area contributed by atoms with Crippen LogP contribution in [0.5, 0.6) is 0 Å². The fraction of sp³-hybridized carbons (Fsp3) is 0.467. The summed E-state index contributed by atoms with van der Waals surface area (Å²) in [5, 5.41) is 9.61. The van der Waals surface area contributed by atoms with Crippen molar-refractivity contribution < 1.29 is 14.6 Å². The molecule has 1 atom stereocenters. The molecule has 0 saturated carbocycles. The van der Waals surface area contributed by atoms with E-state index in [0.717, 1.165) is 42.5 Å². The second-order valence-electron chi connectivity index (χ2n) is 5.54. The molecule has 1 unspecified atom stereocenters. The van der Waals surface area contributed by atoms with E-state index in [1.807, 2.05) is 10.6 Å². The number of nitrogens with zero attached hydrogens (tertiary/aromatic N) is 3. The third-order valence-electron chi connectivity index (χ3n) is 3.92. The average molecular weight is 324 g/mol. The molecule has 3 rings (SSSR count). The zero-order chi connectivity index (χ0) is 15.7. The van der Waals surface area contributed by atoms with Gasteiger partial charge in [-0.15, -0.1) is 0 Å². The van der Waals surface area contributed by atoms with Crippen LogP contribution in [-0.2, 0) is 11.3 Å². The standard InChI is InChI=1S/C15H18ClN3O3/c1-18(15(20)21)8-10-6-11(16)7-12-14(10)17-9-19(12)13-4-2-3-5-22-13/h6-7,9,13H,2-5,8H2,1H3,(H,20,21). The van der Waals surface area contributed by atoms with Crippen LogP contribution in [0.4, 0.5) is 4.79 Å². The van der Waals surface area contributed by atoms with Crippen LogP contribution in [0.25, 0.3) is 11.0 Å². The van der Waals surface area contributed by atoms with Crippen molar-refractivity contribution in [2.45, 2.75) is 32.0 Å². The first-order chi connectivity index (χ1) is 10.6. The SMILES string of the molecule is CN(Cc1cc(Cl)cc2c1ncn2C1CCCCO1)C(=O)O. The maximum absolute atomic E-state index is 11.0. The van der Waals surface area contributed by atoms with Gasteiger partial charge in [0.05, 0.1) is 23.9 Å². The van der Waals surface area contributed by atoms with Crippen LogP contribution in [0.3, 0.4) is 0 Å². The minimum absolute atomic E-state index is 0.0257. The molecule has 0 spiro atoms. The first-order valence-electron chi connectivity index (χ1n) is 7.27. The topological polar surface area (TPSA) is 67.6 Å². The highest BCUT2D eigenvalue weighted by atomic mass is 35.5. The Hall–Kier alpha value is -1.79. The number of hydrogen-bond acceptors (Lipinski definition) is 3. The molecule has 1 saturated heterocycles. The van der Waals surface area contributed by atoms with Crippen LogP contribution < -0.4 is 0 Å². The first kappa shape index (κ1) is 15.1. The lowest BCUT2D eigenvalue weighted by Gasteiger charge is -2.24. The number of carbonyl (C=O) groups is 1. The smallest absolute Gasteiger partial charge is 0.407 e. The van der Waals surface area contributed by atoms with Gasteiger partial charge in [-0.3, -0.25) is 0 Å². The molecule has 0 radical (unpaired) electrons. The maximum atomic E-state index is 11.0. The van der Waals surface area contributed by atoms with Crippen molar-refractivity contribution in [1.29, 1.82) is 0 Å². The molecule has 6 nitrogen and oxygen atoms in total. The third-order valence-corrected chi connectivity index (χ3v) is 4.14. The summed E-state index contributed by atoms with van der Waals surface area (Å²) < 4.78 is 7.80. The Morgan fingerprint density at radius 2 is 2.36 bits per heavy atom. The molecule has 2 aromatic rings. The minimum atomic E-state index is -0.983. The Bertz CT molecular complexity index is 695. The number of fused-ring (bicyclic) bond motifs is 1. The average Bonchev–Trinajstić information content (AvgIpc) is 2.91. The van der Waals surface area contributed by atoms with E-state index in [2.05, 4.69) is 4.98 Å². The van der Waals surface area contributed by atoms with Gasteiger partial charge >= 0.3 is 6.09 Å². The summed E-state index contributed by atoms with van der Waals surface area (Å²) in [6.07, 6.45) is 3.90. The Morgan fingerprint density at radius 1 is 1.55 bits per heavy atom. The van der Waals surface area contributed by atoms with E-state index in [1.54, 1.807) is 12.4 Å². The number of rotatable bonds is 3. The van der Waals surface area contributed by atoms with Gasteiger partial charge in [-0.05, 0) is 31.4 Å². The van der Waals surface area contributed by atoms with Crippen LogP contribution in [0.2, 0.25) is 5.02 Å². The molecule has 1 aromatic carbocycles. The summed E-state index contributed by atoms with van der Waals surface area (Å²) in [7, 11) is 1.52. The summed E-state index contributed by atoms with van der Waals surface area (Å²) in [6.45, 7) is 0.994. The van der Waals surface area contributed by atoms with Crippen molar-refractivity contribution in [1.82, 2.24) is 14.5 Å². The van der Waals surface area contributed by atoms with Crippen LogP contribution in [-0.4, -0.2) is 39.3 Å². The van der Waals surface area contributed by atoms with Crippen LogP contribution in [0.1, 0.15) is 31.1 Å². The van der Waals surface area contributed by atoms with E-state index < -0.39 is 6.09 Å². The number of carboxylic acid groups (broad SMARTS) is 1. The Labute approximate surface area is 133 Å². The van der Waals surface area contributed by atoms with Crippen LogP contribution in [0.15, 0.2) is 18.5 Å². The largest absolute Gasteiger partial charge is 0.465 e. The quantitative estimate of drug-likeness (QED) is 0.938. The summed E-state index contributed by atoms with van der Waals surface area (Å²) >= 11 is 6.21. The van der Waals surface area contributed by atoms with Crippen molar-refractivity contribution in [2.75, 3.05) is 13.7 Å². The van der Waals surface area contributed by atoms with Gasteiger partial charge in [-0.1, -0.05) is 11.6 Å². The van der Waals surface area contributed by atoms with Gasteiger partial charge in [-0.2, -0.15) is 0 Å². The van der Waals surface area contributed by atoms with E-state index in [4.69, 9.17) is 21.4 Å². The molecule has 1 amide bonds. The van der Waals surface area contributed by atoms with Crippen molar-refractivity contribution >= 4 is 28.7 Å². The second-order valence-corrected chi connectivity index (χ2v) is 5.98. The summed E-state index contributed by atoms with van der Waals surface area (Å²) in [5.41, 5.74) is 2.45. The molecule has 0 bridgehead atoms. The second kappa shape index (κ2) is 6.14. The number of aromatic nitrogens is 2. The molecule has 22 heavy (non-hydrogen) atoms. The van der Waals surface area contributed by atoms with Gasteiger partial charge in [0.25, 0.3) is 0 Å². The fourth-order valence-corrected chi connectivity index (χ4v) is 3.02. The van der Waals surface area contributed by atoms with Gasteiger partial charge in [0, 0.05) is 24.2 Å². The molecule has 1 aliphatic rings. The fourth-order valence-electron chi connectivity index (χ4n) is 2.78. The molecule has 2 heterocycles. The Kier molecular flexibility index (Phi) is 4.22. The number of hydrogen-bond donors (Lipinski definition) is 1. The number of ether oxygens (including phenoxy) is 1. The monoisotopic (exact) mass is 323 g/mol. The lowest BCUT2D eigenvalue weighted by Crippen LogP contribution is -2.24. The zero-order valence-corrected chi connectivity index (χ0v) is 13.1. The summed E-state index contributed by atoms with van der Waals surface area (Å²) in [5.74, 6) is 0. The summed E-state index contributed by atoms with van der Waals surface area (Å²) in [6, 6.07) is 3.62.